The Kier molecular flexibility index (Phi) is 4.79. The van der Waals surface area contributed by atoms with Crippen LogP contribution in [0.5, 0.6) is 0 Å². The quantitative estimate of drug-likeness (QED) is 0.874. The molecular weight excluding hydrogens is 320 g/mol. The van der Waals surface area contributed by atoms with Gasteiger partial charge in [0.25, 0.3) is 5.91 Å². The van der Waals surface area contributed by atoms with Gasteiger partial charge in [-0.15, -0.1) is 0 Å². The van der Waals surface area contributed by atoms with Crippen LogP contribution in [0.1, 0.15) is 48.0 Å². The van der Waals surface area contributed by atoms with Gasteiger partial charge in [0, 0.05) is 18.7 Å². The highest BCUT2D eigenvalue weighted by molar-refractivity contribution is 5.95. The van der Waals surface area contributed by atoms with Crippen LogP contribution in [0, 0.1) is 12.8 Å². The van der Waals surface area contributed by atoms with Gasteiger partial charge >= 0.3 is 5.97 Å². The monoisotopic (exact) mass is 344 g/mol. The molecular formula is C19H24N2O4. The van der Waals surface area contributed by atoms with Gasteiger partial charge < -0.3 is 15.3 Å². The molecule has 6 heteroatoms. The third kappa shape index (κ3) is 3.52. The maximum atomic E-state index is 12.6. The van der Waals surface area contributed by atoms with Crippen molar-refractivity contribution < 1.29 is 19.5 Å². The SMILES string of the molecule is Cc1ccc(C(=O)N2CCCC(C(=O)NC3(C(=O)O)CCC3)C2)cc1. The van der Waals surface area contributed by atoms with Crippen LogP contribution in [0.2, 0.25) is 0 Å². The van der Waals surface area contributed by atoms with Crippen LogP contribution >= 0.6 is 0 Å². The number of carboxylic acid groups (broad SMARTS) is 1. The van der Waals surface area contributed by atoms with E-state index in [-0.39, 0.29) is 17.7 Å². The molecule has 1 atom stereocenters. The molecule has 2 aliphatic rings. The number of carbonyl (C=O) groups excluding carboxylic acids is 2. The first-order valence-corrected chi connectivity index (χ1v) is 8.83. The molecule has 0 radical (unpaired) electrons. The van der Waals surface area contributed by atoms with E-state index in [9.17, 15) is 19.5 Å². The second-order valence-corrected chi connectivity index (χ2v) is 7.19. The van der Waals surface area contributed by atoms with E-state index in [4.69, 9.17) is 0 Å². The standard InChI is InChI=1S/C19H24N2O4/c1-13-5-7-14(8-6-13)17(23)21-11-2-4-15(12-21)16(22)20-19(18(24)25)9-3-10-19/h5-8,15H,2-4,9-12H2,1H3,(H,20,22)(H,24,25). The number of hydrogen-bond acceptors (Lipinski definition) is 3. The van der Waals surface area contributed by atoms with Crippen LogP contribution in [0.15, 0.2) is 24.3 Å². The predicted octanol–water partition coefficient (Wildman–Crippen LogP) is 1.97. The van der Waals surface area contributed by atoms with Crippen molar-refractivity contribution in [1.82, 2.24) is 10.2 Å². The van der Waals surface area contributed by atoms with Gasteiger partial charge in [-0.05, 0) is 51.2 Å². The average molecular weight is 344 g/mol. The van der Waals surface area contributed by atoms with Crippen LogP contribution in [0.4, 0.5) is 0 Å². The lowest BCUT2D eigenvalue weighted by atomic mass is 9.76. The highest BCUT2D eigenvalue weighted by atomic mass is 16.4. The highest BCUT2D eigenvalue weighted by Gasteiger charge is 2.46. The minimum atomic E-state index is -1.10. The summed E-state index contributed by atoms with van der Waals surface area (Å²) in [4.78, 5) is 38.3. The van der Waals surface area contributed by atoms with Gasteiger partial charge in [0.05, 0.1) is 5.92 Å². The number of aryl methyl sites for hydroxylation is 1. The van der Waals surface area contributed by atoms with Gasteiger partial charge in [0.15, 0.2) is 0 Å². The molecule has 134 valence electrons. The molecule has 1 unspecified atom stereocenters. The second kappa shape index (κ2) is 6.86. The van der Waals surface area contributed by atoms with Crippen LogP contribution in [-0.2, 0) is 9.59 Å². The fraction of sp³-hybridized carbons (Fsp3) is 0.526. The smallest absolute Gasteiger partial charge is 0.329 e. The maximum absolute atomic E-state index is 12.6. The molecule has 3 rings (SSSR count). The van der Waals surface area contributed by atoms with E-state index in [1.54, 1.807) is 17.0 Å². The van der Waals surface area contributed by atoms with Crippen molar-refractivity contribution in [3.05, 3.63) is 35.4 Å². The molecule has 0 aromatic heterocycles. The number of rotatable bonds is 4. The first kappa shape index (κ1) is 17.5. The van der Waals surface area contributed by atoms with Crippen molar-refractivity contribution in [2.45, 2.75) is 44.6 Å². The summed E-state index contributed by atoms with van der Waals surface area (Å²) in [5.41, 5.74) is 0.611. The first-order valence-electron chi connectivity index (χ1n) is 8.83. The first-order chi connectivity index (χ1) is 11.9. The fourth-order valence-electron chi connectivity index (χ4n) is 3.51. The van der Waals surface area contributed by atoms with Crippen molar-refractivity contribution >= 4 is 17.8 Å². The zero-order valence-electron chi connectivity index (χ0n) is 14.5. The molecule has 2 amide bonds. The van der Waals surface area contributed by atoms with E-state index in [1.165, 1.54) is 0 Å². The number of hydrogen-bond donors (Lipinski definition) is 2. The molecule has 1 aliphatic carbocycles. The summed E-state index contributed by atoms with van der Waals surface area (Å²) in [7, 11) is 0. The molecule has 1 aromatic carbocycles. The Morgan fingerprint density at radius 1 is 1.16 bits per heavy atom. The van der Waals surface area contributed by atoms with E-state index < -0.39 is 11.5 Å². The highest BCUT2D eigenvalue weighted by Crippen LogP contribution is 2.33. The van der Waals surface area contributed by atoms with Gasteiger partial charge in [-0.3, -0.25) is 9.59 Å². The fourth-order valence-corrected chi connectivity index (χ4v) is 3.51. The number of nitrogens with zero attached hydrogens (tertiary/aromatic N) is 1. The predicted molar refractivity (Wildman–Crippen MR) is 92.2 cm³/mol. The third-order valence-electron chi connectivity index (χ3n) is 5.36. The molecule has 1 aromatic rings. The lowest BCUT2D eigenvalue weighted by Crippen LogP contribution is -2.61. The van der Waals surface area contributed by atoms with E-state index in [1.807, 2.05) is 19.1 Å². The number of aliphatic carboxylic acids is 1. The number of carboxylic acids is 1. The van der Waals surface area contributed by atoms with Crippen molar-refractivity contribution in [2.75, 3.05) is 13.1 Å². The van der Waals surface area contributed by atoms with Gasteiger partial charge in [0.1, 0.15) is 5.54 Å². The number of amides is 2. The summed E-state index contributed by atoms with van der Waals surface area (Å²) >= 11 is 0. The minimum absolute atomic E-state index is 0.0749. The summed E-state index contributed by atoms with van der Waals surface area (Å²) in [6, 6.07) is 7.40. The summed E-state index contributed by atoms with van der Waals surface area (Å²) in [6.07, 6.45) is 3.20. The Balaban J connectivity index is 1.64. The Morgan fingerprint density at radius 2 is 1.84 bits per heavy atom. The lowest BCUT2D eigenvalue weighted by Gasteiger charge is -2.40. The van der Waals surface area contributed by atoms with E-state index >= 15 is 0 Å². The average Bonchev–Trinajstić information content (AvgIpc) is 2.57. The Hall–Kier alpha value is -2.37. The second-order valence-electron chi connectivity index (χ2n) is 7.19. The third-order valence-corrected chi connectivity index (χ3v) is 5.36. The topological polar surface area (TPSA) is 86.7 Å². The summed E-state index contributed by atoms with van der Waals surface area (Å²) in [6.45, 7) is 2.93. The van der Waals surface area contributed by atoms with Crippen molar-refractivity contribution in [3.8, 4) is 0 Å². The van der Waals surface area contributed by atoms with Crippen LogP contribution < -0.4 is 5.32 Å². The molecule has 1 saturated heterocycles. The molecule has 6 nitrogen and oxygen atoms in total. The molecule has 2 N–H and O–H groups in total. The maximum Gasteiger partial charge on any atom is 0.329 e. The number of likely N-dealkylation sites (tertiary alicyclic amines) is 1. The van der Waals surface area contributed by atoms with Crippen molar-refractivity contribution in [1.29, 1.82) is 0 Å². The van der Waals surface area contributed by atoms with Crippen LogP contribution in [0.3, 0.4) is 0 Å². The van der Waals surface area contributed by atoms with E-state index in [0.29, 0.717) is 37.9 Å². The number of benzene rings is 1. The minimum Gasteiger partial charge on any atom is -0.480 e. The summed E-state index contributed by atoms with van der Waals surface area (Å²) < 4.78 is 0. The number of piperidine rings is 1. The van der Waals surface area contributed by atoms with Gasteiger partial charge in [-0.2, -0.15) is 0 Å². The molecule has 0 bridgehead atoms. The Labute approximate surface area is 147 Å². The van der Waals surface area contributed by atoms with Crippen LogP contribution in [0.25, 0.3) is 0 Å². The van der Waals surface area contributed by atoms with Gasteiger partial charge in [-0.25, -0.2) is 4.79 Å². The molecule has 25 heavy (non-hydrogen) atoms. The number of carbonyl (C=O) groups is 3. The zero-order valence-corrected chi connectivity index (χ0v) is 14.5. The molecule has 0 spiro atoms. The zero-order chi connectivity index (χ0) is 18.0. The Bertz CT molecular complexity index is 679. The molecule has 1 saturated carbocycles. The normalized spacial score (nSPS) is 22.0. The van der Waals surface area contributed by atoms with Gasteiger partial charge in [-0.1, -0.05) is 17.7 Å². The van der Waals surface area contributed by atoms with Crippen molar-refractivity contribution in [3.63, 3.8) is 0 Å². The lowest BCUT2D eigenvalue weighted by molar-refractivity contribution is -0.152. The Morgan fingerprint density at radius 3 is 2.40 bits per heavy atom. The molecule has 1 heterocycles. The molecule has 1 aliphatic heterocycles. The summed E-state index contributed by atoms with van der Waals surface area (Å²) in [5, 5.41) is 12.1. The molecule has 2 fully saturated rings. The summed E-state index contributed by atoms with van der Waals surface area (Å²) in [5.74, 6) is -1.63. The van der Waals surface area contributed by atoms with Crippen LogP contribution in [-0.4, -0.2) is 46.4 Å². The number of nitrogens with one attached hydrogen (secondary N) is 1. The van der Waals surface area contributed by atoms with Crippen molar-refractivity contribution in [2.24, 2.45) is 5.92 Å². The van der Waals surface area contributed by atoms with E-state index in [0.717, 1.165) is 18.4 Å². The van der Waals surface area contributed by atoms with E-state index in [2.05, 4.69) is 5.32 Å². The van der Waals surface area contributed by atoms with Gasteiger partial charge in [0.2, 0.25) is 5.91 Å². The largest absolute Gasteiger partial charge is 0.480 e.